The molecule has 1 aliphatic rings. The number of aromatic amines is 1. The molecule has 42 heavy (non-hydrogen) atoms. The van der Waals surface area contributed by atoms with Crippen LogP contribution in [-0.2, 0) is 29.8 Å². The summed E-state index contributed by atoms with van der Waals surface area (Å²) in [7, 11) is 0. The first-order valence-corrected chi connectivity index (χ1v) is 12.5. The summed E-state index contributed by atoms with van der Waals surface area (Å²) >= 11 is 0. The number of amides is 1. The lowest BCUT2D eigenvalue weighted by Crippen LogP contribution is -2.48. The Balaban J connectivity index is 1.91. The van der Waals surface area contributed by atoms with E-state index in [0.29, 0.717) is 12.1 Å². The fourth-order valence-corrected chi connectivity index (χ4v) is 4.89. The van der Waals surface area contributed by atoms with E-state index in [1.165, 1.54) is 4.90 Å². The fraction of sp³-hybridized carbons (Fsp3) is 0.440. The lowest BCUT2D eigenvalue weighted by molar-refractivity contribution is -0.143. The second kappa shape index (κ2) is 11.3. The number of carbonyl (C=O) groups excluding carboxylic acids is 1. The highest BCUT2D eigenvalue weighted by Crippen LogP contribution is 2.46. The molecule has 0 aliphatic carbocycles. The second-order valence-corrected chi connectivity index (χ2v) is 9.41. The van der Waals surface area contributed by atoms with Crippen molar-refractivity contribution in [1.82, 2.24) is 20.6 Å². The highest BCUT2D eigenvalue weighted by molar-refractivity contribution is 5.90. The van der Waals surface area contributed by atoms with Gasteiger partial charge in [-0.05, 0) is 72.5 Å². The standard InChI is InChI=1S/C25H23F9N6O2/c1-3-17-11-20(18-10-14(23(26,27)28)5-6-19(18)40(17)22(41)42-4-2)39(21-35-37-38-36-21)12-13-7-15(24(29,30)31)9-16(8-13)25(32,33)34/h5-10,17,20H,3-4,11-12H2,1-2H3,(H,35,36,37,38)/t17-,20+/m1/s1. The minimum Gasteiger partial charge on any atom is -0.449 e. The molecule has 1 N–H and O–H groups in total. The lowest BCUT2D eigenvalue weighted by Gasteiger charge is -2.43. The molecule has 0 saturated carbocycles. The average Bonchev–Trinajstić information content (AvgIpc) is 3.44. The first kappa shape index (κ1) is 30.9. The van der Waals surface area contributed by atoms with E-state index in [-0.39, 0.29) is 42.7 Å². The van der Waals surface area contributed by atoms with Gasteiger partial charge in [-0.15, -0.1) is 5.10 Å². The zero-order chi connectivity index (χ0) is 31.0. The van der Waals surface area contributed by atoms with Gasteiger partial charge in [0.2, 0.25) is 0 Å². The van der Waals surface area contributed by atoms with Crippen LogP contribution in [0.4, 0.5) is 55.9 Å². The van der Waals surface area contributed by atoms with Crippen molar-refractivity contribution in [3.8, 4) is 0 Å². The Morgan fingerprint density at radius 3 is 2.07 bits per heavy atom. The topological polar surface area (TPSA) is 87.2 Å². The Labute approximate surface area is 232 Å². The van der Waals surface area contributed by atoms with Gasteiger partial charge in [-0.1, -0.05) is 12.0 Å². The number of nitrogens with zero attached hydrogens (tertiary/aromatic N) is 5. The van der Waals surface area contributed by atoms with Gasteiger partial charge < -0.3 is 9.64 Å². The molecule has 17 heteroatoms. The van der Waals surface area contributed by atoms with Crippen LogP contribution in [0, 0.1) is 0 Å². The van der Waals surface area contributed by atoms with E-state index in [1.54, 1.807) is 13.8 Å². The quantitative estimate of drug-likeness (QED) is 0.299. The van der Waals surface area contributed by atoms with Crippen LogP contribution < -0.4 is 9.80 Å². The first-order valence-electron chi connectivity index (χ1n) is 12.5. The van der Waals surface area contributed by atoms with Gasteiger partial charge in [0.15, 0.2) is 0 Å². The van der Waals surface area contributed by atoms with Gasteiger partial charge in [-0.3, -0.25) is 4.90 Å². The van der Waals surface area contributed by atoms with Crippen LogP contribution in [0.2, 0.25) is 0 Å². The van der Waals surface area contributed by atoms with Crippen molar-refractivity contribution in [1.29, 1.82) is 0 Å². The second-order valence-electron chi connectivity index (χ2n) is 9.41. The third-order valence-electron chi connectivity index (χ3n) is 6.74. The maximum Gasteiger partial charge on any atom is 0.416 e. The number of nitrogens with one attached hydrogen (secondary N) is 1. The van der Waals surface area contributed by atoms with Crippen LogP contribution in [0.1, 0.15) is 60.5 Å². The molecule has 0 fully saturated rings. The van der Waals surface area contributed by atoms with Crippen LogP contribution in [0.3, 0.4) is 0 Å². The van der Waals surface area contributed by atoms with E-state index >= 15 is 0 Å². The number of rotatable bonds is 6. The first-order chi connectivity index (χ1) is 19.5. The molecule has 3 aromatic rings. The van der Waals surface area contributed by atoms with Crippen molar-refractivity contribution in [2.75, 3.05) is 16.4 Å². The Bertz CT molecular complexity index is 1370. The summed E-state index contributed by atoms with van der Waals surface area (Å²) in [5.41, 5.74) is -4.74. The largest absolute Gasteiger partial charge is 0.449 e. The number of fused-ring (bicyclic) bond motifs is 1. The van der Waals surface area contributed by atoms with Crippen LogP contribution in [-0.4, -0.2) is 39.4 Å². The minimum absolute atomic E-state index is 0.0260. The predicted molar refractivity (Wildman–Crippen MR) is 129 cm³/mol. The molecule has 2 heterocycles. The minimum atomic E-state index is -5.13. The monoisotopic (exact) mass is 610 g/mol. The Morgan fingerprint density at radius 2 is 1.57 bits per heavy atom. The van der Waals surface area contributed by atoms with Gasteiger partial charge in [0.05, 0.1) is 35.0 Å². The predicted octanol–water partition coefficient (Wildman–Crippen LogP) is 7.15. The van der Waals surface area contributed by atoms with Crippen molar-refractivity contribution in [2.24, 2.45) is 0 Å². The molecule has 1 aromatic heterocycles. The molecule has 4 rings (SSSR count). The van der Waals surface area contributed by atoms with Crippen molar-refractivity contribution in [3.05, 3.63) is 64.2 Å². The van der Waals surface area contributed by atoms with Gasteiger partial charge >= 0.3 is 24.6 Å². The highest BCUT2D eigenvalue weighted by atomic mass is 19.4. The van der Waals surface area contributed by atoms with E-state index in [0.717, 1.165) is 23.1 Å². The number of hydrogen-bond donors (Lipinski definition) is 1. The van der Waals surface area contributed by atoms with Crippen LogP contribution >= 0.6 is 0 Å². The summed E-state index contributed by atoms with van der Waals surface area (Å²) in [4.78, 5) is 15.2. The number of tetrazole rings is 1. The Kier molecular flexibility index (Phi) is 8.33. The van der Waals surface area contributed by atoms with Crippen molar-refractivity contribution in [2.45, 2.75) is 63.8 Å². The third kappa shape index (κ3) is 6.38. The average molecular weight is 610 g/mol. The molecule has 0 radical (unpaired) electrons. The van der Waals surface area contributed by atoms with E-state index < -0.39 is 65.5 Å². The molecule has 1 amide bonds. The number of ether oxygens (including phenoxy) is 1. The summed E-state index contributed by atoms with van der Waals surface area (Å²) < 4.78 is 128. The molecule has 2 aromatic carbocycles. The maximum absolute atomic E-state index is 13.8. The normalized spacial score (nSPS) is 17.6. The van der Waals surface area contributed by atoms with Crippen molar-refractivity contribution < 1.29 is 49.0 Å². The van der Waals surface area contributed by atoms with Crippen LogP contribution in [0.25, 0.3) is 0 Å². The zero-order valence-electron chi connectivity index (χ0n) is 21.9. The molecule has 1 aliphatic heterocycles. The molecule has 0 saturated heterocycles. The summed E-state index contributed by atoms with van der Waals surface area (Å²) in [5, 5.41) is 13.2. The molecule has 228 valence electrons. The van der Waals surface area contributed by atoms with Crippen molar-refractivity contribution in [3.63, 3.8) is 0 Å². The Hall–Kier alpha value is -4.05. The van der Waals surface area contributed by atoms with Crippen molar-refractivity contribution >= 4 is 17.7 Å². The number of hydrogen-bond acceptors (Lipinski definition) is 6. The van der Waals surface area contributed by atoms with Gasteiger partial charge in [0.1, 0.15) is 0 Å². The number of anilines is 2. The fourth-order valence-electron chi connectivity index (χ4n) is 4.89. The number of H-pyrrole nitrogens is 1. The van der Waals surface area contributed by atoms with E-state index in [9.17, 15) is 44.3 Å². The summed E-state index contributed by atoms with van der Waals surface area (Å²) in [5.74, 6) is -0.297. The molecular weight excluding hydrogens is 587 g/mol. The molecule has 0 spiro atoms. The number of halogens is 9. The van der Waals surface area contributed by atoms with E-state index in [4.69, 9.17) is 4.74 Å². The van der Waals surface area contributed by atoms with Gasteiger partial charge in [0, 0.05) is 12.6 Å². The van der Waals surface area contributed by atoms with E-state index in [1.807, 2.05) is 0 Å². The Morgan fingerprint density at radius 1 is 0.952 bits per heavy atom. The number of carbonyl (C=O) groups is 1. The van der Waals surface area contributed by atoms with Crippen LogP contribution in [0.5, 0.6) is 0 Å². The number of alkyl halides is 9. The number of aromatic nitrogens is 4. The van der Waals surface area contributed by atoms with Gasteiger partial charge in [-0.25, -0.2) is 4.79 Å². The molecule has 0 bridgehead atoms. The maximum atomic E-state index is 13.8. The zero-order valence-corrected chi connectivity index (χ0v) is 21.9. The summed E-state index contributed by atoms with van der Waals surface area (Å²) in [6, 6.07) is 1.79. The highest BCUT2D eigenvalue weighted by Gasteiger charge is 2.42. The molecule has 0 unspecified atom stereocenters. The summed E-state index contributed by atoms with van der Waals surface area (Å²) in [6.45, 7) is 2.53. The summed E-state index contributed by atoms with van der Waals surface area (Å²) in [6.07, 6.45) is -15.7. The van der Waals surface area contributed by atoms with E-state index in [2.05, 4.69) is 20.6 Å². The smallest absolute Gasteiger partial charge is 0.416 e. The van der Waals surface area contributed by atoms with Gasteiger partial charge in [0.25, 0.3) is 5.95 Å². The molecule has 8 nitrogen and oxygen atoms in total. The third-order valence-corrected chi connectivity index (χ3v) is 6.74. The number of benzene rings is 2. The molecule has 2 atom stereocenters. The SMILES string of the molecule is CCOC(=O)N1c2ccc(C(F)(F)F)cc2[C@@H](N(Cc2cc(C(F)(F)F)cc(C(F)(F)F)c2)c2nn[nH]n2)C[C@H]1CC. The van der Waals surface area contributed by atoms with Gasteiger partial charge in [-0.2, -0.15) is 44.7 Å². The van der Waals surface area contributed by atoms with Crippen LogP contribution in [0.15, 0.2) is 36.4 Å². The molecular formula is C25H23F9N6O2. The lowest BCUT2D eigenvalue weighted by atomic mass is 9.87.